The number of carbonyl (C=O) groups is 1. The van der Waals surface area contributed by atoms with Crippen LogP contribution in [0.25, 0.3) is 0 Å². The molecule has 152 valence electrons. The first-order valence-electron chi connectivity index (χ1n) is 9.41. The van der Waals surface area contributed by atoms with Gasteiger partial charge in [0.2, 0.25) is 9.84 Å². The number of sulfone groups is 1. The van der Waals surface area contributed by atoms with Crippen molar-refractivity contribution in [3.8, 4) is 0 Å². The molecule has 1 aliphatic rings. The van der Waals surface area contributed by atoms with Gasteiger partial charge in [0.1, 0.15) is 16.6 Å². The highest BCUT2D eigenvalue weighted by Gasteiger charge is 2.47. The molecule has 0 bridgehead atoms. The summed E-state index contributed by atoms with van der Waals surface area (Å²) in [5.41, 5.74) is 4.42. The monoisotopic (exact) mass is 419 g/mol. The number of amides is 1. The number of rotatable bonds is 5. The Kier molecular flexibility index (Phi) is 5.15. The molecule has 6 nitrogen and oxygen atoms in total. The third-order valence-electron chi connectivity index (χ3n) is 5.10. The molecule has 0 saturated carbocycles. The molecule has 0 radical (unpaired) electrons. The lowest BCUT2D eigenvalue weighted by Gasteiger charge is -2.27. The lowest BCUT2D eigenvalue weighted by Crippen LogP contribution is -2.34. The normalized spacial score (nSPS) is 16.8. The predicted octanol–water partition coefficient (Wildman–Crippen LogP) is 3.23. The van der Waals surface area contributed by atoms with E-state index in [0.29, 0.717) is 11.3 Å². The van der Waals surface area contributed by atoms with E-state index in [9.17, 15) is 13.2 Å². The summed E-state index contributed by atoms with van der Waals surface area (Å²) in [6, 6.07) is 23.7. The Morgan fingerprint density at radius 1 is 0.867 bits per heavy atom. The molecule has 0 saturated heterocycles. The average Bonchev–Trinajstić information content (AvgIpc) is 3.08. The number of benzene rings is 3. The van der Waals surface area contributed by atoms with Gasteiger partial charge in [0, 0.05) is 5.69 Å². The topological polar surface area (TPSA) is 92.5 Å². The van der Waals surface area contributed by atoms with E-state index in [1.54, 1.807) is 60.7 Å². The van der Waals surface area contributed by atoms with Crippen LogP contribution in [0, 0.1) is 6.92 Å². The maximum Gasteiger partial charge on any atom is 0.277 e. The number of para-hydroxylation sites is 1. The second kappa shape index (κ2) is 7.78. The minimum absolute atomic E-state index is 0.0612. The van der Waals surface area contributed by atoms with Crippen molar-refractivity contribution in [2.75, 3.05) is 4.90 Å². The molecule has 1 unspecified atom stereocenters. The SMILES string of the molecule is Cc1ccc(S(=O)(=O)C2=C(NN)C(=O)N(c3ccccc3)C2c2ccccc2)cc1. The number of hydrogen-bond acceptors (Lipinski definition) is 5. The van der Waals surface area contributed by atoms with E-state index in [0.717, 1.165) is 5.56 Å². The van der Waals surface area contributed by atoms with Crippen LogP contribution in [0.4, 0.5) is 5.69 Å². The van der Waals surface area contributed by atoms with Gasteiger partial charge in [-0.15, -0.1) is 0 Å². The first kappa shape index (κ1) is 19.9. The number of anilines is 1. The maximum atomic E-state index is 13.7. The molecular weight excluding hydrogens is 398 g/mol. The molecule has 0 fully saturated rings. The van der Waals surface area contributed by atoms with Crippen molar-refractivity contribution in [2.45, 2.75) is 17.9 Å². The van der Waals surface area contributed by atoms with Crippen molar-refractivity contribution in [3.05, 3.63) is 107 Å². The molecule has 1 heterocycles. The van der Waals surface area contributed by atoms with E-state index >= 15 is 0 Å². The summed E-state index contributed by atoms with van der Waals surface area (Å²) in [6.45, 7) is 1.88. The number of aryl methyl sites for hydroxylation is 1. The van der Waals surface area contributed by atoms with E-state index in [2.05, 4.69) is 5.43 Å². The minimum Gasteiger partial charge on any atom is -0.318 e. The Labute approximate surface area is 175 Å². The van der Waals surface area contributed by atoms with Gasteiger partial charge in [0.05, 0.1) is 4.90 Å². The third kappa shape index (κ3) is 3.28. The Bertz CT molecular complexity index is 1210. The van der Waals surface area contributed by atoms with Gasteiger partial charge in [-0.25, -0.2) is 8.42 Å². The molecule has 30 heavy (non-hydrogen) atoms. The van der Waals surface area contributed by atoms with Gasteiger partial charge in [-0.2, -0.15) is 0 Å². The average molecular weight is 420 g/mol. The fourth-order valence-corrected chi connectivity index (χ4v) is 5.35. The number of hydrogen-bond donors (Lipinski definition) is 2. The van der Waals surface area contributed by atoms with Crippen LogP contribution >= 0.6 is 0 Å². The first-order valence-corrected chi connectivity index (χ1v) is 10.9. The Morgan fingerprint density at radius 3 is 2.00 bits per heavy atom. The zero-order valence-corrected chi connectivity index (χ0v) is 17.1. The Hall–Kier alpha value is -3.42. The van der Waals surface area contributed by atoms with Crippen LogP contribution in [0.3, 0.4) is 0 Å². The zero-order chi connectivity index (χ0) is 21.3. The van der Waals surface area contributed by atoms with Crippen LogP contribution in [-0.2, 0) is 14.6 Å². The fourth-order valence-electron chi connectivity index (χ4n) is 3.65. The third-order valence-corrected chi connectivity index (χ3v) is 7.00. The van der Waals surface area contributed by atoms with Gasteiger partial charge < -0.3 is 5.43 Å². The molecular formula is C23H21N3O3S. The van der Waals surface area contributed by atoms with Crippen LogP contribution in [0.2, 0.25) is 0 Å². The van der Waals surface area contributed by atoms with Crippen molar-refractivity contribution >= 4 is 21.4 Å². The van der Waals surface area contributed by atoms with E-state index in [1.165, 1.54) is 4.90 Å². The van der Waals surface area contributed by atoms with Gasteiger partial charge in [-0.1, -0.05) is 66.2 Å². The van der Waals surface area contributed by atoms with Crippen molar-refractivity contribution < 1.29 is 13.2 Å². The summed E-state index contributed by atoms with van der Waals surface area (Å²) < 4.78 is 27.4. The van der Waals surface area contributed by atoms with E-state index < -0.39 is 21.8 Å². The van der Waals surface area contributed by atoms with E-state index in [1.807, 2.05) is 31.2 Å². The second-order valence-corrected chi connectivity index (χ2v) is 8.94. The second-order valence-electron chi connectivity index (χ2n) is 7.02. The highest BCUT2D eigenvalue weighted by Crippen LogP contribution is 2.44. The van der Waals surface area contributed by atoms with Gasteiger partial charge in [-0.3, -0.25) is 15.5 Å². The molecule has 0 aliphatic carbocycles. The van der Waals surface area contributed by atoms with Crippen molar-refractivity contribution in [1.82, 2.24) is 5.43 Å². The molecule has 0 spiro atoms. The lowest BCUT2D eigenvalue weighted by molar-refractivity contribution is -0.115. The summed E-state index contributed by atoms with van der Waals surface area (Å²) in [6.07, 6.45) is 0. The van der Waals surface area contributed by atoms with E-state index in [-0.39, 0.29) is 15.5 Å². The molecule has 3 N–H and O–H groups in total. The van der Waals surface area contributed by atoms with Crippen LogP contribution in [-0.4, -0.2) is 14.3 Å². The highest BCUT2D eigenvalue weighted by molar-refractivity contribution is 7.95. The van der Waals surface area contributed by atoms with Gasteiger partial charge in [0.25, 0.3) is 5.91 Å². The number of carbonyl (C=O) groups excluding carboxylic acids is 1. The quantitative estimate of drug-likeness (QED) is 0.489. The molecule has 3 aromatic carbocycles. The van der Waals surface area contributed by atoms with Gasteiger partial charge in [0.15, 0.2) is 0 Å². The predicted molar refractivity (Wildman–Crippen MR) is 116 cm³/mol. The van der Waals surface area contributed by atoms with Crippen LogP contribution in [0.1, 0.15) is 17.2 Å². The van der Waals surface area contributed by atoms with Gasteiger partial charge in [-0.05, 0) is 36.8 Å². The smallest absolute Gasteiger partial charge is 0.277 e. The highest BCUT2D eigenvalue weighted by atomic mass is 32.2. The summed E-state index contributed by atoms with van der Waals surface area (Å²) in [5.74, 6) is 5.18. The van der Waals surface area contributed by atoms with Crippen molar-refractivity contribution in [3.63, 3.8) is 0 Å². The first-order chi connectivity index (χ1) is 14.4. The van der Waals surface area contributed by atoms with Crippen LogP contribution in [0.5, 0.6) is 0 Å². The lowest BCUT2D eigenvalue weighted by atomic mass is 10.1. The molecule has 3 aromatic rings. The van der Waals surface area contributed by atoms with E-state index in [4.69, 9.17) is 5.84 Å². The van der Waals surface area contributed by atoms with Crippen molar-refractivity contribution in [1.29, 1.82) is 0 Å². The summed E-state index contributed by atoms with van der Waals surface area (Å²) in [7, 11) is -4.01. The number of nitrogens with one attached hydrogen (secondary N) is 1. The molecule has 7 heteroatoms. The summed E-state index contributed by atoms with van der Waals surface area (Å²) in [5, 5.41) is 0. The van der Waals surface area contributed by atoms with Gasteiger partial charge >= 0.3 is 0 Å². The largest absolute Gasteiger partial charge is 0.318 e. The molecule has 1 amide bonds. The number of nitrogens with two attached hydrogens (primary N) is 1. The maximum absolute atomic E-state index is 13.7. The molecule has 4 rings (SSSR count). The fraction of sp³-hybridized carbons (Fsp3) is 0.0870. The van der Waals surface area contributed by atoms with Crippen LogP contribution in [0.15, 0.2) is 100 Å². The molecule has 1 aliphatic heterocycles. The molecule has 1 atom stereocenters. The molecule has 0 aromatic heterocycles. The number of nitrogens with zero attached hydrogens (tertiary/aromatic N) is 1. The minimum atomic E-state index is -4.01. The zero-order valence-electron chi connectivity index (χ0n) is 16.3. The Balaban J connectivity index is 1.97. The summed E-state index contributed by atoms with van der Waals surface area (Å²) >= 11 is 0. The van der Waals surface area contributed by atoms with Crippen molar-refractivity contribution in [2.24, 2.45) is 5.84 Å². The summed E-state index contributed by atoms with van der Waals surface area (Å²) in [4.78, 5) is 14.8. The number of hydrazine groups is 1. The Morgan fingerprint density at radius 2 is 1.43 bits per heavy atom. The standard InChI is InChI=1S/C23H21N3O3S/c1-16-12-14-19(15-13-16)30(28,29)22-20(25-24)23(27)26(18-10-6-3-7-11-18)21(22)17-8-4-2-5-9-17/h2-15,21,25H,24H2,1H3. The van der Waals surface area contributed by atoms with Crippen LogP contribution < -0.4 is 16.2 Å².